The van der Waals surface area contributed by atoms with Gasteiger partial charge in [0.25, 0.3) is 0 Å². The highest BCUT2D eigenvalue weighted by Gasteiger charge is 2.17. The molecule has 25 heavy (non-hydrogen) atoms. The molecule has 3 heteroatoms. The molecule has 0 aliphatic carbocycles. The van der Waals surface area contributed by atoms with E-state index in [0.29, 0.717) is 0 Å². The second-order valence-electron chi connectivity index (χ2n) is 5.75. The van der Waals surface area contributed by atoms with Crippen LogP contribution in [0.25, 0.3) is 0 Å². The lowest BCUT2D eigenvalue weighted by atomic mass is 9.85. The van der Waals surface area contributed by atoms with Gasteiger partial charge in [-0.3, -0.25) is 0 Å². The van der Waals surface area contributed by atoms with E-state index >= 15 is 0 Å². The van der Waals surface area contributed by atoms with E-state index in [1.54, 1.807) is 30.6 Å². The van der Waals surface area contributed by atoms with E-state index in [9.17, 15) is 0 Å². The lowest BCUT2D eigenvalue weighted by molar-refractivity contribution is 0.414. The van der Waals surface area contributed by atoms with Gasteiger partial charge in [-0.1, -0.05) is 36.4 Å². The van der Waals surface area contributed by atoms with Crippen molar-refractivity contribution < 1.29 is 4.74 Å². The first-order valence-electron chi connectivity index (χ1n) is 8.17. The molecule has 3 aromatic rings. The fourth-order valence-corrected chi connectivity index (χ4v) is 3.78. The molecule has 0 atom stereocenters. The number of methoxy groups -OCH3 is 1. The quantitative estimate of drug-likeness (QED) is 0.373. The molecule has 1 nitrogen and oxygen atoms in total. The van der Waals surface area contributed by atoms with Gasteiger partial charge in [-0.05, 0) is 65.6 Å². The zero-order valence-corrected chi connectivity index (χ0v) is 16.4. The normalized spacial score (nSPS) is 10.9. The van der Waals surface area contributed by atoms with E-state index in [1.807, 2.05) is 12.1 Å². The van der Waals surface area contributed by atoms with E-state index in [2.05, 4.69) is 73.2 Å². The van der Waals surface area contributed by atoms with Crippen molar-refractivity contribution in [3.63, 3.8) is 0 Å². The van der Waals surface area contributed by atoms with Crippen LogP contribution in [-0.4, -0.2) is 19.6 Å². The molecular weight excluding hydrogens is 344 g/mol. The van der Waals surface area contributed by atoms with Crippen LogP contribution in [0.2, 0.25) is 0 Å². The molecular formula is C22H22OS2. The monoisotopic (exact) mass is 366 g/mol. The average molecular weight is 367 g/mol. The summed E-state index contributed by atoms with van der Waals surface area (Å²) in [5.41, 5.74) is 3.88. The Bertz CT molecular complexity index is 680. The van der Waals surface area contributed by atoms with Gasteiger partial charge in [0.05, 0.1) is 7.11 Å². The lowest BCUT2D eigenvalue weighted by Crippen LogP contribution is -2.03. The van der Waals surface area contributed by atoms with Gasteiger partial charge in [-0.25, -0.2) is 0 Å². The van der Waals surface area contributed by atoms with Crippen molar-refractivity contribution in [3.8, 4) is 5.75 Å². The summed E-state index contributed by atoms with van der Waals surface area (Å²) >= 11 is 3.54. The Morgan fingerprint density at radius 2 is 0.960 bits per heavy atom. The van der Waals surface area contributed by atoms with Crippen LogP contribution in [0, 0.1) is 0 Å². The maximum absolute atomic E-state index is 5.32. The smallest absolute Gasteiger partial charge is 0.118 e. The second kappa shape index (κ2) is 8.50. The van der Waals surface area contributed by atoms with Crippen molar-refractivity contribution in [2.24, 2.45) is 0 Å². The van der Waals surface area contributed by atoms with Gasteiger partial charge in [0.2, 0.25) is 0 Å². The van der Waals surface area contributed by atoms with Crippen molar-refractivity contribution in [2.45, 2.75) is 15.7 Å². The number of hydrogen-bond donors (Lipinski definition) is 0. The maximum Gasteiger partial charge on any atom is 0.118 e. The minimum atomic E-state index is 0.220. The van der Waals surface area contributed by atoms with E-state index < -0.39 is 0 Å². The molecule has 0 amide bonds. The van der Waals surface area contributed by atoms with Crippen molar-refractivity contribution in [1.82, 2.24) is 0 Å². The average Bonchev–Trinajstić information content (AvgIpc) is 2.70. The minimum absolute atomic E-state index is 0.220. The van der Waals surface area contributed by atoms with Gasteiger partial charge >= 0.3 is 0 Å². The summed E-state index contributed by atoms with van der Waals surface area (Å²) in [5.74, 6) is 1.11. The van der Waals surface area contributed by atoms with Crippen LogP contribution in [0.5, 0.6) is 5.75 Å². The number of thioether (sulfide) groups is 2. The summed E-state index contributed by atoms with van der Waals surface area (Å²) in [6.07, 6.45) is 4.22. The topological polar surface area (TPSA) is 9.23 Å². The first kappa shape index (κ1) is 18.0. The van der Waals surface area contributed by atoms with Gasteiger partial charge in [-0.15, -0.1) is 23.5 Å². The standard InChI is InChI=1S/C22H22OS2/c1-23-19-10-4-16(5-11-19)22(17-6-12-20(24-2)13-7-17)18-8-14-21(25-3)15-9-18/h4-15,22H,1-3H3. The predicted octanol–water partition coefficient (Wildman–Crippen LogP) is 6.32. The molecule has 0 unspecified atom stereocenters. The first-order chi connectivity index (χ1) is 12.2. The summed E-state index contributed by atoms with van der Waals surface area (Å²) in [6.45, 7) is 0. The summed E-state index contributed by atoms with van der Waals surface area (Å²) in [4.78, 5) is 2.57. The molecule has 0 bridgehead atoms. The highest BCUT2D eigenvalue weighted by atomic mass is 32.2. The van der Waals surface area contributed by atoms with E-state index in [4.69, 9.17) is 4.74 Å². The molecule has 3 rings (SSSR count). The number of benzene rings is 3. The van der Waals surface area contributed by atoms with Crippen molar-refractivity contribution >= 4 is 23.5 Å². The fraction of sp³-hybridized carbons (Fsp3) is 0.182. The summed E-state index contributed by atoms with van der Waals surface area (Å²) < 4.78 is 5.32. The number of rotatable bonds is 6. The molecule has 0 aliphatic heterocycles. The van der Waals surface area contributed by atoms with Gasteiger partial charge < -0.3 is 4.74 Å². The highest BCUT2D eigenvalue weighted by molar-refractivity contribution is 7.98. The summed E-state index contributed by atoms with van der Waals surface area (Å²) in [6, 6.07) is 26.2. The molecule has 0 N–H and O–H groups in total. The van der Waals surface area contributed by atoms with E-state index in [0.717, 1.165) is 5.75 Å². The first-order valence-corrected chi connectivity index (χ1v) is 10.6. The third-order valence-corrected chi connectivity index (χ3v) is 5.83. The molecule has 0 saturated carbocycles. The van der Waals surface area contributed by atoms with Gasteiger partial charge in [0.1, 0.15) is 5.75 Å². The van der Waals surface area contributed by atoms with Crippen LogP contribution in [0.4, 0.5) is 0 Å². The van der Waals surface area contributed by atoms with Crippen LogP contribution >= 0.6 is 23.5 Å². The zero-order chi connectivity index (χ0) is 17.6. The SMILES string of the molecule is COc1ccc(C(c2ccc(SC)cc2)c2ccc(SC)cc2)cc1. The Morgan fingerprint density at radius 3 is 1.28 bits per heavy atom. The Kier molecular flexibility index (Phi) is 6.11. The molecule has 0 saturated heterocycles. The largest absolute Gasteiger partial charge is 0.497 e. The van der Waals surface area contributed by atoms with E-state index in [-0.39, 0.29) is 5.92 Å². The molecule has 128 valence electrons. The highest BCUT2D eigenvalue weighted by Crippen LogP contribution is 2.34. The summed E-state index contributed by atoms with van der Waals surface area (Å²) in [7, 11) is 1.70. The van der Waals surface area contributed by atoms with Crippen LogP contribution in [0.3, 0.4) is 0 Å². The Hall–Kier alpha value is -1.84. The number of ether oxygens (including phenoxy) is 1. The molecule has 0 aliphatic rings. The van der Waals surface area contributed by atoms with Gasteiger partial charge in [-0.2, -0.15) is 0 Å². The Morgan fingerprint density at radius 1 is 0.600 bits per heavy atom. The van der Waals surface area contributed by atoms with Crippen molar-refractivity contribution in [1.29, 1.82) is 0 Å². The molecule has 0 fully saturated rings. The third-order valence-electron chi connectivity index (χ3n) is 4.35. The molecule has 0 aromatic heterocycles. The zero-order valence-electron chi connectivity index (χ0n) is 14.7. The van der Waals surface area contributed by atoms with Gasteiger partial charge in [0, 0.05) is 15.7 Å². The third kappa shape index (κ3) is 4.23. The summed E-state index contributed by atoms with van der Waals surface area (Å²) in [5, 5.41) is 0. The molecule has 0 heterocycles. The van der Waals surface area contributed by atoms with Crippen molar-refractivity contribution in [2.75, 3.05) is 19.6 Å². The predicted molar refractivity (Wildman–Crippen MR) is 110 cm³/mol. The molecule has 0 radical (unpaired) electrons. The molecule has 3 aromatic carbocycles. The van der Waals surface area contributed by atoms with Crippen LogP contribution in [-0.2, 0) is 0 Å². The molecule has 0 spiro atoms. The Labute approximate surface area is 158 Å². The van der Waals surface area contributed by atoms with Crippen LogP contribution in [0.1, 0.15) is 22.6 Å². The maximum atomic E-state index is 5.32. The minimum Gasteiger partial charge on any atom is -0.497 e. The lowest BCUT2D eigenvalue weighted by Gasteiger charge is -2.20. The van der Waals surface area contributed by atoms with Crippen molar-refractivity contribution in [3.05, 3.63) is 89.5 Å². The van der Waals surface area contributed by atoms with Gasteiger partial charge in [0.15, 0.2) is 0 Å². The van der Waals surface area contributed by atoms with E-state index in [1.165, 1.54) is 26.5 Å². The Balaban J connectivity index is 2.04. The number of hydrogen-bond acceptors (Lipinski definition) is 3. The second-order valence-corrected chi connectivity index (χ2v) is 7.51. The van der Waals surface area contributed by atoms with Crippen LogP contribution in [0.15, 0.2) is 82.6 Å². The van der Waals surface area contributed by atoms with Crippen LogP contribution < -0.4 is 4.74 Å². The fourth-order valence-electron chi connectivity index (χ4n) is 2.97.